The number of nitrogens with one attached hydrogen (secondary N) is 2. The number of carbonyl (C=O) groups is 1. The summed E-state index contributed by atoms with van der Waals surface area (Å²) in [5.41, 5.74) is 6.71. The highest BCUT2D eigenvalue weighted by Gasteiger charge is 2.13. The number of amides is 1. The topological polar surface area (TPSA) is 79.8 Å². The molecule has 28 heavy (non-hydrogen) atoms. The molecule has 6 nitrogen and oxygen atoms in total. The van der Waals surface area contributed by atoms with Gasteiger partial charge in [0, 0.05) is 35.5 Å². The Labute approximate surface area is 165 Å². The van der Waals surface area contributed by atoms with Crippen molar-refractivity contribution in [1.82, 2.24) is 20.3 Å². The highest BCUT2D eigenvalue weighted by Crippen LogP contribution is 2.26. The smallest absolute Gasteiger partial charge is 0.256 e. The maximum atomic E-state index is 12.7. The maximum absolute atomic E-state index is 12.7. The van der Waals surface area contributed by atoms with Crippen molar-refractivity contribution in [2.24, 2.45) is 0 Å². The molecule has 7 heteroatoms. The molecule has 2 N–H and O–H groups in total. The zero-order valence-electron chi connectivity index (χ0n) is 15.0. The molecule has 0 unspecified atom stereocenters. The molecule has 1 aromatic carbocycles. The van der Waals surface area contributed by atoms with E-state index in [1.54, 1.807) is 23.0 Å². The van der Waals surface area contributed by atoms with E-state index in [2.05, 4.69) is 25.6 Å². The monoisotopic (exact) mass is 387 g/mol. The first kappa shape index (κ1) is 17.0. The second-order valence-corrected chi connectivity index (χ2v) is 7.60. The van der Waals surface area contributed by atoms with Crippen molar-refractivity contribution in [1.29, 1.82) is 0 Å². The van der Waals surface area contributed by atoms with Crippen LogP contribution in [0.4, 0.5) is 5.82 Å². The van der Waals surface area contributed by atoms with Crippen molar-refractivity contribution in [2.45, 2.75) is 13.0 Å². The Hall–Kier alpha value is -3.16. The Morgan fingerprint density at radius 1 is 1.07 bits per heavy atom. The molecule has 138 valence electrons. The van der Waals surface area contributed by atoms with E-state index < -0.39 is 0 Å². The summed E-state index contributed by atoms with van der Waals surface area (Å²) in [7, 11) is 0. The van der Waals surface area contributed by atoms with Crippen molar-refractivity contribution < 1.29 is 4.79 Å². The molecule has 4 heterocycles. The Kier molecular flexibility index (Phi) is 4.31. The SMILES string of the molecule is O=C(Nc1cc2cc(-c3cncs3)cnc2cn1)c1ccc2c(c1)CNCC2. The van der Waals surface area contributed by atoms with E-state index in [9.17, 15) is 4.79 Å². The highest BCUT2D eigenvalue weighted by atomic mass is 32.1. The van der Waals surface area contributed by atoms with Crippen LogP contribution >= 0.6 is 11.3 Å². The van der Waals surface area contributed by atoms with Gasteiger partial charge in [0.2, 0.25) is 0 Å². The lowest BCUT2D eigenvalue weighted by Gasteiger charge is -2.17. The second-order valence-electron chi connectivity index (χ2n) is 6.72. The fourth-order valence-corrected chi connectivity index (χ4v) is 4.01. The van der Waals surface area contributed by atoms with Gasteiger partial charge >= 0.3 is 0 Å². The summed E-state index contributed by atoms with van der Waals surface area (Å²) in [6.07, 6.45) is 6.32. The zero-order chi connectivity index (χ0) is 18.9. The van der Waals surface area contributed by atoms with Crippen LogP contribution in [0.2, 0.25) is 0 Å². The van der Waals surface area contributed by atoms with Crippen LogP contribution in [-0.4, -0.2) is 27.4 Å². The third-order valence-electron chi connectivity index (χ3n) is 4.88. The molecule has 1 amide bonds. The summed E-state index contributed by atoms with van der Waals surface area (Å²) in [5.74, 6) is 0.350. The predicted octanol–water partition coefficient (Wildman–Crippen LogP) is 3.65. The van der Waals surface area contributed by atoms with Gasteiger partial charge in [-0.2, -0.15) is 0 Å². The molecule has 0 saturated heterocycles. The lowest BCUT2D eigenvalue weighted by atomic mass is 9.98. The van der Waals surface area contributed by atoms with Gasteiger partial charge in [0.25, 0.3) is 5.91 Å². The Bertz CT molecular complexity index is 1170. The number of thiazole rings is 1. The Morgan fingerprint density at radius 2 is 2.04 bits per heavy atom. The lowest BCUT2D eigenvalue weighted by Crippen LogP contribution is -2.24. The fraction of sp³-hybridized carbons (Fsp3) is 0.143. The summed E-state index contributed by atoms with van der Waals surface area (Å²) in [4.78, 5) is 26.7. The number of rotatable bonds is 3. The summed E-state index contributed by atoms with van der Waals surface area (Å²) in [6, 6.07) is 9.78. The quantitative estimate of drug-likeness (QED) is 0.561. The van der Waals surface area contributed by atoms with Crippen LogP contribution in [0, 0.1) is 0 Å². The van der Waals surface area contributed by atoms with Gasteiger partial charge in [0.15, 0.2) is 0 Å². The molecular weight excluding hydrogens is 370 g/mol. The maximum Gasteiger partial charge on any atom is 0.256 e. The molecule has 0 spiro atoms. The van der Waals surface area contributed by atoms with Crippen molar-refractivity contribution in [2.75, 3.05) is 11.9 Å². The molecule has 0 bridgehead atoms. The average molecular weight is 387 g/mol. The minimum atomic E-state index is -0.160. The van der Waals surface area contributed by atoms with Crippen molar-refractivity contribution in [3.8, 4) is 10.4 Å². The number of fused-ring (bicyclic) bond motifs is 2. The molecular formula is C21H17N5OS. The van der Waals surface area contributed by atoms with Gasteiger partial charge in [-0.15, -0.1) is 11.3 Å². The first-order chi connectivity index (χ1) is 13.8. The van der Waals surface area contributed by atoms with Gasteiger partial charge in [0.05, 0.1) is 22.1 Å². The van der Waals surface area contributed by atoms with Gasteiger partial charge in [-0.3, -0.25) is 14.8 Å². The van der Waals surface area contributed by atoms with Crippen LogP contribution in [-0.2, 0) is 13.0 Å². The number of hydrogen-bond acceptors (Lipinski definition) is 6. The fourth-order valence-electron chi connectivity index (χ4n) is 3.40. The van der Waals surface area contributed by atoms with Gasteiger partial charge in [-0.05, 0) is 48.4 Å². The van der Waals surface area contributed by atoms with E-state index in [1.165, 1.54) is 11.1 Å². The number of pyridine rings is 2. The van der Waals surface area contributed by atoms with E-state index in [0.29, 0.717) is 11.4 Å². The largest absolute Gasteiger partial charge is 0.312 e. The molecule has 4 aromatic rings. The van der Waals surface area contributed by atoms with Crippen LogP contribution in [0.25, 0.3) is 21.3 Å². The van der Waals surface area contributed by atoms with Crippen molar-refractivity contribution in [3.05, 3.63) is 71.1 Å². The molecule has 0 fully saturated rings. The van der Waals surface area contributed by atoms with Crippen LogP contribution < -0.4 is 10.6 Å². The van der Waals surface area contributed by atoms with Gasteiger partial charge in [-0.1, -0.05) is 6.07 Å². The number of nitrogens with zero attached hydrogens (tertiary/aromatic N) is 3. The molecule has 0 saturated carbocycles. The third-order valence-corrected chi connectivity index (χ3v) is 5.70. The second kappa shape index (κ2) is 7.10. The summed E-state index contributed by atoms with van der Waals surface area (Å²) >= 11 is 1.57. The Morgan fingerprint density at radius 3 is 2.93 bits per heavy atom. The van der Waals surface area contributed by atoms with Crippen molar-refractivity contribution in [3.63, 3.8) is 0 Å². The minimum absolute atomic E-state index is 0.160. The van der Waals surface area contributed by atoms with E-state index in [4.69, 9.17) is 0 Å². The molecule has 0 aliphatic carbocycles. The predicted molar refractivity (Wildman–Crippen MR) is 110 cm³/mol. The first-order valence-corrected chi connectivity index (χ1v) is 9.93. The number of hydrogen-bond donors (Lipinski definition) is 2. The van der Waals surface area contributed by atoms with Crippen LogP contribution in [0.1, 0.15) is 21.5 Å². The summed E-state index contributed by atoms with van der Waals surface area (Å²) in [5, 5.41) is 7.16. The molecule has 3 aromatic heterocycles. The van der Waals surface area contributed by atoms with E-state index in [1.807, 2.05) is 42.7 Å². The first-order valence-electron chi connectivity index (χ1n) is 9.05. The van der Waals surface area contributed by atoms with E-state index in [-0.39, 0.29) is 5.91 Å². The van der Waals surface area contributed by atoms with Gasteiger partial charge < -0.3 is 10.6 Å². The van der Waals surface area contributed by atoms with Crippen molar-refractivity contribution >= 4 is 34.0 Å². The molecule has 0 atom stereocenters. The van der Waals surface area contributed by atoms with E-state index in [0.717, 1.165) is 40.9 Å². The highest BCUT2D eigenvalue weighted by molar-refractivity contribution is 7.13. The van der Waals surface area contributed by atoms with Crippen LogP contribution in [0.3, 0.4) is 0 Å². The normalized spacial score (nSPS) is 13.3. The number of anilines is 1. The minimum Gasteiger partial charge on any atom is -0.312 e. The number of benzene rings is 1. The zero-order valence-corrected chi connectivity index (χ0v) is 15.8. The average Bonchev–Trinajstić information content (AvgIpc) is 3.28. The summed E-state index contributed by atoms with van der Waals surface area (Å²) in [6.45, 7) is 1.79. The van der Waals surface area contributed by atoms with Crippen LogP contribution in [0.5, 0.6) is 0 Å². The molecule has 1 aliphatic heterocycles. The van der Waals surface area contributed by atoms with Gasteiger partial charge in [-0.25, -0.2) is 4.98 Å². The summed E-state index contributed by atoms with van der Waals surface area (Å²) < 4.78 is 0. The molecule has 0 radical (unpaired) electrons. The number of aromatic nitrogens is 3. The standard InChI is InChI=1S/C21H17N5OS/c27-21(14-2-1-13-3-4-22-8-16(13)5-14)26-20-7-15-6-17(19-11-23-12-28-19)9-24-18(15)10-25-20/h1-2,5-7,9-12,22H,3-4,8H2,(H,25,26,27). The lowest BCUT2D eigenvalue weighted by molar-refractivity contribution is 0.102. The van der Waals surface area contributed by atoms with Gasteiger partial charge in [0.1, 0.15) is 5.82 Å². The number of carbonyl (C=O) groups excluding carboxylic acids is 1. The third kappa shape index (κ3) is 3.26. The molecule has 5 rings (SSSR count). The molecule has 1 aliphatic rings. The van der Waals surface area contributed by atoms with Crippen LogP contribution in [0.15, 0.2) is 54.4 Å². The van der Waals surface area contributed by atoms with E-state index >= 15 is 0 Å². The Balaban J connectivity index is 1.42.